The molecular weight excluding hydrogens is 309 g/mol. The summed E-state index contributed by atoms with van der Waals surface area (Å²) in [4.78, 5) is 14.1. The third-order valence-corrected chi connectivity index (χ3v) is 3.77. The molecule has 1 aromatic heterocycles. The number of nitrogens with one attached hydrogen (secondary N) is 1. The maximum absolute atomic E-state index is 13.3. The van der Waals surface area contributed by atoms with Crippen molar-refractivity contribution in [1.82, 2.24) is 9.78 Å². The molecule has 0 spiro atoms. The summed E-state index contributed by atoms with van der Waals surface area (Å²) >= 11 is 0. The first-order valence-electron chi connectivity index (χ1n) is 7.17. The van der Waals surface area contributed by atoms with Crippen LogP contribution in [-0.4, -0.2) is 28.3 Å². The van der Waals surface area contributed by atoms with Gasteiger partial charge in [0.25, 0.3) is 0 Å². The van der Waals surface area contributed by atoms with E-state index < -0.39 is 23.5 Å². The monoisotopic (exact) mass is 324 g/mol. The lowest BCUT2D eigenvalue weighted by Gasteiger charge is -2.32. The molecule has 2 heterocycles. The van der Waals surface area contributed by atoms with E-state index in [-0.39, 0.29) is 11.6 Å². The molecule has 0 radical (unpaired) electrons. The molecule has 5 nitrogen and oxygen atoms in total. The molecule has 1 amide bonds. The fraction of sp³-hybridized carbons (Fsp3) is 0.333. The van der Waals surface area contributed by atoms with E-state index in [1.165, 1.54) is 0 Å². The number of anilines is 2. The summed E-state index contributed by atoms with van der Waals surface area (Å²) in [7, 11) is 1.75. The first-order valence-corrected chi connectivity index (χ1v) is 7.17. The van der Waals surface area contributed by atoms with Crippen molar-refractivity contribution < 1.29 is 18.0 Å². The van der Waals surface area contributed by atoms with Gasteiger partial charge in [0.2, 0.25) is 5.91 Å². The van der Waals surface area contributed by atoms with Gasteiger partial charge in [-0.25, -0.2) is 13.2 Å². The molecule has 1 aliphatic heterocycles. The molecule has 3 rings (SSSR count). The highest BCUT2D eigenvalue weighted by Crippen LogP contribution is 2.24. The van der Waals surface area contributed by atoms with Gasteiger partial charge in [0.15, 0.2) is 17.5 Å². The van der Waals surface area contributed by atoms with Crippen molar-refractivity contribution in [3.63, 3.8) is 0 Å². The number of nitrogens with zero attached hydrogens (tertiary/aromatic N) is 3. The van der Waals surface area contributed by atoms with Gasteiger partial charge < -0.3 is 10.2 Å². The number of carbonyl (C=O) groups is 1. The number of hydrogen-bond acceptors (Lipinski definition) is 3. The Labute approximate surface area is 130 Å². The number of rotatable bonds is 3. The largest absolute Gasteiger partial charge is 0.374 e. The van der Waals surface area contributed by atoms with Gasteiger partial charge >= 0.3 is 0 Å². The Morgan fingerprint density at radius 1 is 1.26 bits per heavy atom. The van der Waals surface area contributed by atoms with Gasteiger partial charge in [-0.2, -0.15) is 5.10 Å². The zero-order valence-corrected chi connectivity index (χ0v) is 12.4. The highest BCUT2D eigenvalue weighted by atomic mass is 19.2. The van der Waals surface area contributed by atoms with Gasteiger partial charge in [-0.1, -0.05) is 0 Å². The number of amides is 1. The molecule has 0 aliphatic carbocycles. The van der Waals surface area contributed by atoms with Crippen LogP contribution in [0.5, 0.6) is 0 Å². The number of benzene rings is 1. The number of aryl methyl sites for hydroxylation is 1. The van der Waals surface area contributed by atoms with E-state index in [9.17, 15) is 18.0 Å². The second-order valence-corrected chi connectivity index (χ2v) is 5.46. The van der Waals surface area contributed by atoms with Crippen molar-refractivity contribution in [2.45, 2.75) is 18.9 Å². The molecule has 8 heteroatoms. The zero-order chi connectivity index (χ0) is 16.6. The first kappa shape index (κ1) is 15.4. The molecule has 23 heavy (non-hydrogen) atoms. The summed E-state index contributed by atoms with van der Waals surface area (Å²) in [6.45, 7) is 0.550. The number of piperidine rings is 1. The molecule has 1 aliphatic rings. The molecule has 0 unspecified atom stereocenters. The van der Waals surface area contributed by atoms with Crippen LogP contribution in [0.1, 0.15) is 12.8 Å². The summed E-state index contributed by atoms with van der Waals surface area (Å²) in [5, 5.41) is 6.81. The standard InChI is InChI=1S/C15H15F3N4O/c1-21-8-10(7-19-21)22-4-2-3-13(15(22)23)20-9-5-11(16)14(18)12(17)6-9/h5-8,13,20H,2-4H2,1H3/t13-/m0/s1. The smallest absolute Gasteiger partial charge is 0.249 e. The van der Waals surface area contributed by atoms with Crippen LogP contribution >= 0.6 is 0 Å². The second kappa shape index (κ2) is 5.94. The van der Waals surface area contributed by atoms with E-state index in [2.05, 4.69) is 10.4 Å². The second-order valence-electron chi connectivity index (χ2n) is 5.46. The number of hydrogen-bond donors (Lipinski definition) is 1. The van der Waals surface area contributed by atoms with E-state index in [1.807, 2.05) is 0 Å². The van der Waals surface area contributed by atoms with Crippen LogP contribution < -0.4 is 10.2 Å². The van der Waals surface area contributed by atoms with Gasteiger partial charge in [0, 0.05) is 37.6 Å². The summed E-state index contributed by atoms with van der Waals surface area (Å²) in [5.74, 6) is -4.32. The Morgan fingerprint density at radius 3 is 2.57 bits per heavy atom. The lowest BCUT2D eigenvalue weighted by molar-refractivity contribution is -0.120. The lowest BCUT2D eigenvalue weighted by Crippen LogP contribution is -2.47. The Morgan fingerprint density at radius 2 is 1.96 bits per heavy atom. The third kappa shape index (κ3) is 3.01. The van der Waals surface area contributed by atoms with Gasteiger partial charge in [-0.05, 0) is 12.8 Å². The van der Waals surface area contributed by atoms with E-state index in [4.69, 9.17) is 0 Å². The summed E-state index contributed by atoms with van der Waals surface area (Å²) < 4.78 is 41.1. The van der Waals surface area contributed by atoms with Gasteiger partial charge in [0.1, 0.15) is 6.04 Å². The Hall–Kier alpha value is -2.51. The summed E-state index contributed by atoms with van der Waals surface area (Å²) in [5.41, 5.74) is 0.702. The average molecular weight is 324 g/mol. The van der Waals surface area contributed by atoms with Crippen molar-refractivity contribution in [2.75, 3.05) is 16.8 Å². The van der Waals surface area contributed by atoms with Crippen molar-refractivity contribution in [3.05, 3.63) is 42.0 Å². The van der Waals surface area contributed by atoms with Gasteiger partial charge in [-0.15, -0.1) is 0 Å². The molecule has 1 fully saturated rings. The van der Waals surface area contributed by atoms with Gasteiger partial charge in [0.05, 0.1) is 11.9 Å². The molecule has 1 N–H and O–H groups in total. The molecule has 0 bridgehead atoms. The van der Waals surface area contributed by atoms with Crippen LogP contribution in [-0.2, 0) is 11.8 Å². The van der Waals surface area contributed by atoms with Gasteiger partial charge in [-0.3, -0.25) is 9.48 Å². The SMILES string of the molecule is Cn1cc(N2CCC[C@H](Nc3cc(F)c(F)c(F)c3)C2=O)cn1. The predicted molar refractivity (Wildman–Crippen MR) is 78.5 cm³/mol. The van der Waals surface area contributed by atoms with Crippen LogP contribution in [0.15, 0.2) is 24.5 Å². The number of halogens is 3. The van der Waals surface area contributed by atoms with Crippen LogP contribution in [0.25, 0.3) is 0 Å². The molecule has 2 aromatic rings. The minimum absolute atomic E-state index is 0.0350. The predicted octanol–water partition coefficient (Wildman–Crippen LogP) is 2.44. The topological polar surface area (TPSA) is 50.2 Å². The molecule has 1 saturated heterocycles. The highest BCUT2D eigenvalue weighted by Gasteiger charge is 2.30. The van der Waals surface area contributed by atoms with Crippen molar-refractivity contribution in [1.29, 1.82) is 0 Å². The van der Waals surface area contributed by atoms with Crippen LogP contribution in [0.4, 0.5) is 24.5 Å². The maximum atomic E-state index is 13.3. The summed E-state index contributed by atoms with van der Waals surface area (Å²) in [6, 6.07) is 1.05. The minimum atomic E-state index is -1.53. The van der Waals surface area contributed by atoms with E-state index in [0.29, 0.717) is 18.7 Å². The third-order valence-electron chi connectivity index (χ3n) is 3.77. The molecule has 1 atom stereocenters. The van der Waals surface area contributed by atoms with Crippen LogP contribution in [0.3, 0.4) is 0 Å². The molecule has 0 saturated carbocycles. The number of aromatic nitrogens is 2. The van der Waals surface area contributed by atoms with E-state index in [1.54, 1.807) is 29.0 Å². The number of carbonyl (C=O) groups excluding carboxylic acids is 1. The zero-order valence-electron chi connectivity index (χ0n) is 12.4. The summed E-state index contributed by atoms with van der Waals surface area (Å²) in [6.07, 6.45) is 4.55. The highest BCUT2D eigenvalue weighted by molar-refractivity contribution is 5.99. The van der Waals surface area contributed by atoms with Crippen molar-refractivity contribution in [2.24, 2.45) is 7.05 Å². The van der Waals surface area contributed by atoms with E-state index >= 15 is 0 Å². The average Bonchev–Trinajstić information content (AvgIpc) is 2.93. The van der Waals surface area contributed by atoms with Crippen molar-refractivity contribution in [3.8, 4) is 0 Å². The van der Waals surface area contributed by atoms with E-state index in [0.717, 1.165) is 18.6 Å². The minimum Gasteiger partial charge on any atom is -0.374 e. The molecule has 1 aromatic carbocycles. The normalized spacial score (nSPS) is 18.3. The fourth-order valence-corrected chi connectivity index (χ4v) is 2.65. The van der Waals surface area contributed by atoms with Crippen LogP contribution in [0.2, 0.25) is 0 Å². The lowest BCUT2D eigenvalue weighted by atomic mass is 10.0. The molecular formula is C15H15F3N4O. The maximum Gasteiger partial charge on any atom is 0.249 e. The Balaban J connectivity index is 1.79. The first-order chi connectivity index (χ1) is 11.0. The molecule has 122 valence electrons. The van der Waals surface area contributed by atoms with Crippen LogP contribution in [0, 0.1) is 17.5 Å². The Bertz CT molecular complexity index is 723. The van der Waals surface area contributed by atoms with Crippen molar-refractivity contribution >= 4 is 17.3 Å². The Kier molecular flexibility index (Phi) is 3.97. The quantitative estimate of drug-likeness (QED) is 0.883. The fourth-order valence-electron chi connectivity index (χ4n) is 2.65.